The van der Waals surface area contributed by atoms with E-state index in [1.165, 1.54) is 23.3 Å². The first kappa shape index (κ1) is 14.0. The minimum absolute atomic E-state index is 0.239. The van der Waals surface area contributed by atoms with Crippen molar-refractivity contribution in [1.29, 1.82) is 0 Å². The number of fused-ring (bicyclic) bond motifs is 1. The molecule has 0 aromatic carbocycles. The summed E-state index contributed by atoms with van der Waals surface area (Å²) in [4.78, 5) is 16.4. The van der Waals surface area contributed by atoms with Gasteiger partial charge in [0.25, 0.3) is 5.91 Å². The summed E-state index contributed by atoms with van der Waals surface area (Å²) >= 11 is 1.78. The number of H-pyrrole nitrogens is 1. The van der Waals surface area contributed by atoms with Crippen molar-refractivity contribution in [2.24, 2.45) is 0 Å². The number of aromatic amines is 1. The Morgan fingerprint density at radius 2 is 2.23 bits per heavy atom. The van der Waals surface area contributed by atoms with Gasteiger partial charge in [-0.15, -0.1) is 11.3 Å². The molecule has 0 radical (unpaired) electrons. The SMILES string of the molecule is O=C(c1csc2c1CCCC2)N1CCC[C@@H](c2ccn[nH]2)C1. The van der Waals surface area contributed by atoms with Crippen LogP contribution in [0.1, 0.15) is 58.1 Å². The Balaban J connectivity index is 1.54. The Hall–Kier alpha value is -1.62. The van der Waals surface area contributed by atoms with E-state index in [1.54, 1.807) is 17.5 Å². The van der Waals surface area contributed by atoms with E-state index in [2.05, 4.69) is 15.6 Å². The van der Waals surface area contributed by atoms with Crippen molar-refractivity contribution in [3.8, 4) is 0 Å². The quantitative estimate of drug-likeness (QED) is 0.923. The third-order valence-corrected chi connectivity index (χ3v) is 6.05. The summed E-state index contributed by atoms with van der Waals surface area (Å²) in [5, 5.41) is 9.21. The van der Waals surface area contributed by atoms with Gasteiger partial charge in [-0.2, -0.15) is 5.10 Å². The number of thiophene rings is 1. The molecule has 1 N–H and O–H groups in total. The highest BCUT2D eigenvalue weighted by atomic mass is 32.1. The second kappa shape index (κ2) is 5.88. The van der Waals surface area contributed by atoms with E-state index < -0.39 is 0 Å². The number of amides is 1. The molecule has 1 aliphatic carbocycles. The van der Waals surface area contributed by atoms with Gasteiger partial charge < -0.3 is 4.90 Å². The summed E-state index contributed by atoms with van der Waals surface area (Å²) in [5.41, 5.74) is 3.47. The zero-order valence-corrected chi connectivity index (χ0v) is 13.5. The molecule has 2 aliphatic rings. The first-order valence-corrected chi connectivity index (χ1v) is 9.08. The van der Waals surface area contributed by atoms with E-state index >= 15 is 0 Å². The minimum Gasteiger partial charge on any atom is -0.338 e. The molecule has 0 saturated carbocycles. The number of hydrogen-bond acceptors (Lipinski definition) is 3. The first-order valence-electron chi connectivity index (χ1n) is 8.20. The topological polar surface area (TPSA) is 49.0 Å². The van der Waals surface area contributed by atoms with Crippen LogP contribution in [0.4, 0.5) is 0 Å². The summed E-state index contributed by atoms with van der Waals surface area (Å²) in [5.74, 6) is 0.637. The molecule has 1 aliphatic heterocycles. The average Bonchev–Trinajstić information content (AvgIpc) is 3.24. The van der Waals surface area contributed by atoms with Crippen molar-refractivity contribution in [2.75, 3.05) is 13.1 Å². The van der Waals surface area contributed by atoms with Gasteiger partial charge in [0.1, 0.15) is 0 Å². The number of carbonyl (C=O) groups excluding carboxylic acids is 1. The Bertz CT molecular complexity index is 662. The number of aryl methyl sites for hydroxylation is 1. The highest BCUT2D eigenvalue weighted by Gasteiger charge is 2.29. The molecule has 3 heterocycles. The number of carbonyl (C=O) groups is 1. The molecular weight excluding hydrogens is 294 g/mol. The van der Waals surface area contributed by atoms with Gasteiger partial charge in [0.05, 0.1) is 5.56 Å². The maximum absolute atomic E-state index is 13.0. The lowest BCUT2D eigenvalue weighted by molar-refractivity contribution is 0.0705. The second-order valence-corrected chi connectivity index (χ2v) is 7.32. The van der Waals surface area contributed by atoms with E-state index in [0.717, 1.165) is 50.0 Å². The average molecular weight is 315 g/mol. The molecule has 1 saturated heterocycles. The lowest BCUT2D eigenvalue weighted by Gasteiger charge is -2.32. The third kappa shape index (κ3) is 2.47. The standard InChI is InChI=1S/C17H21N3OS/c21-17(14-11-22-16-6-2-1-5-13(14)16)20-9-3-4-12(10-20)15-7-8-18-19-15/h7-8,11-12H,1-6,9-10H2,(H,18,19)/t12-/m1/s1. The highest BCUT2D eigenvalue weighted by Crippen LogP contribution is 2.32. The Morgan fingerprint density at radius 3 is 3.09 bits per heavy atom. The summed E-state index contributed by atoms with van der Waals surface area (Å²) in [6, 6.07) is 2.03. The van der Waals surface area contributed by atoms with Gasteiger partial charge in [0.2, 0.25) is 0 Å². The fourth-order valence-electron chi connectivity index (χ4n) is 3.75. The fraction of sp³-hybridized carbons (Fsp3) is 0.529. The number of nitrogens with zero attached hydrogens (tertiary/aromatic N) is 2. The van der Waals surface area contributed by atoms with Crippen molar-refractivity contribution >= 4 is 17.2 Å². The third-order valence-electron chi connectivity index (χ3n) is 4.96. The monoisotopic (exact) mass is 315 g/mol. The molecule has 116 valence electrons. The van der Waals surface area contributed by atoms with E-state index in [0.29, 0.717) is 5.92 Å². The second-order valence-electron chi connectivity index (χ2n) is 6.36. The molecule has 1 fully saturated rings. The van der Waals surface area contributed by atoms with Gasteiger partial charge in [-0.3, -0.25) is 9.89 Å². The van der Waals surface area contributed by atoms with Gasteiger partial charge >= 0.3 is 0 Å². The maximum Gasteiger partial charge on any atom is 0.255 e. The lowest BCUT2D eigenvalue weighted by atomic mass is 9.92. The van der Waals surface area contributed by atoms with Gasteiger partial charge in [0.15, 0.2) is 0 Å². The maximum atomic E-state index is 13.0. The highest BCUT2D eigenvalue weighted by molar-refractivity contribution is 7.10. The largest absolute Gasteiger partial charge is 0.338 e. The van der Waals surface area contributed by atoms with Gasteiger partial charge in [0, 0.05) is 41.2 Å². The molecular formula is C17H21N3OS. The zero-order valence-electron chi connectivity index (χ0n) is 12.7. The van der Waals surface area contributed by atoms with E-state index in [-0.39, 0.29) is 5.91 Å². The van der Waals surface area contributed by atoms with Crippen LogP contribution < -0.4 is 0 Å². The molecule has 22 heavy (non-hydrogen) atoms. The van der Waals surface area contributed by atoms with Crippen molar-refractivity contribution in [3.05, 3.63) is 39.3 Å². The van der Waals surface area contributed by atoms with Gasteiger partial charge in [-0.05, 0) is 50.2 Å². The number of rotatable bonds is 2. The predicted molar refractivity (Wildman–Crippen MR) is 87.4 cm³/mol. The van der Waals surface area contributed by atoms with Crippen LogP contribution in [-0.2, 0) is 12.8 Å². The predicted octanol–water partition coefficient (Wildman–Crippen LogP) is 3.37. The van der Waals surface area contributed by atoms with Crippen LogP contribution in [-0.4, -0.2) is 34.1 Å². The van der Waals surface area contributed by atoms with Crippen LogP contribution in [0.5, 0.6) is 0 Å². The molecule has 4 nitrogen and oxygen atoms in total. The Morgan fingerprint density at radius 1 is 1.32 bits per heavy atom. The molecule has 0 spiro atoms. The van der Waals surface area contributed by atoms with Crippen LogP contribution >= 0.6 is 11.3 Å². The lowest BCUT2D eigenvalue weighted by Crippen LogP contribution is -2.39. The summed E-state index contributed by atoms with van der Waals surface area (Å²) < 4.78 is 0. The zero-order chi connectivity index (χ0) is 14.9. The number of likely N-dealkylation sites (tertiary alicyclic amines) is 1. The smallest absolute Gasteiger partial charge is 0.255 e. The summed E-state index contributed by atoms with van der Waals surface area (Å²) in [6.07, 6.45) is 8.73. The van der Waals surface area contributed by atoms with Crippen molar-refractivity contribution in [1.82, 2.24) is 15.1 Å². The first-order chi connectivity index (χ1) is 10.8. The number of aromatic nitrogens is 2. The van der Waals surface area contributed by atoms with Crippen LogP contribution in [0, 0.1) is 0 Å². The Labute approximate surface area is 134 Å². The van der Waals surface area contributed by atoms with Gasteiger partial charge in [-0.25, -0.2) is 0 Å². The van der Waals surface area contributed by atoms with Crippen LogP contribution in [0.25, 0.3) is 0 Å². The molecule has 1 atom stereocenters. The fourth-order valence-corrected chi connectivity index (χ4v) is 4.87. The molecule has 4 rings (SSSR count). The molecule has 0 bridgehead atoms. The molecule has 1 amide bonds. The Kier molecular flexibility index (Phi) is 3.74. The van der Waals surface area contributed by atoms with E-state index in [1.807, 2.05) is 11.0 Å². The van der Waals surface area contributed by atoms with Crippen molar-refractivity contribution in [3.63, 3.8) is 0 Å². The normalized spacial score (nSPS) is 21.6. The van der Waals surface area contributed by atoms with Crippen LogP contribution in [0.2, 0.25) is 0 Å². The summed E-state index contributed by atoms with van der Waals surface area (Å²) in [7, 11) is 0. The van der Waals surface area contributed by atoms with E-state index in [4.69, 9.17) is 0 Å². The van der Waals surface area contributed by atoms with Crippen LogP contribution in [0.15, 0.2) is 17.6 Å². The number of nitrogens with one attached hydrogen (secondary N) is 1. The summed E-state index contributed by atoms with van der Waals surface area (Å²) in [6.45, 7) is 1.69. The molecule has 2 aromatic heterocycles. The van der Waals surface area contributed by atoms with Crippen molar-refractivity contribution < 1.29 is 4.79 Å². The van der Waals surface area contributed by atoms with Crippen LogP contribution in [0.3, 0.4) is 0 Å². The van der Waals surface area contributed by atoms with Crippen molar-refractivity contribution in [2.45, 2.75) is 44.4 Å². The molecule has 0 unspecified atom stereocenters. The molecule has 5 heteroatoms. The minimum atomic E-state index is 0.239. The molecule has 2 aromatic rings. The van der Waals surface area contributed by atoms with E-state index in [9.17, 15) is 4.79 Å². The number of piperidine rings is 1. The van der Waals surface area contributed by atoms with Gasteiger partial charge in [-0.1, -0.05) is 0 Å². The number of hydrogen-bond donors (Lipinski definition) is 1.